The predicted octanol–water partition coefficient (Wildman–Crippen LogP) is 3.52. The van der Waals surface area contributed by atoms with Crippen molar-refractivity contribution in [3.05, 3.63) is 101 Å². The van der Waals surface area contributed by atoms with Crippen molar-refractivity contribution in [1.82, 2.24) is 0 Å². The Bertz CT molecular complexity index is 1020. The fourth-order valence-corrected chi connectivity index (χ4v) is 2.81. The van der Waals surface area contributed by atoms with E-state index in [1.165, 1.54) is 24.3 Å². The van der Waals surface area contributed by atoms with E-state index >= 15 is 0 Å². The minimum absolute atomic E-state index is 0.216. The number of amides is 1. The van der Waals surface area contributed by atoms with Gasteiger partial charge in [-0.05, 0) is 23.3 Å². The van der Waals surface area contributed by atoms with Crippen LogP contribution in [0.2, 0.25) is 0 Å². The van der Waals surface area contributed by atoms with Crippen LogP contribution in [0.5, 0.6) is 0 Å². The average molecular weight is 415 g/mol. The van der Waals surface area contributed by atoms with Crippen LogP contribution in [0.1, 0.15) is 11.1 Å². The highest BCUT2D eigenvalue weighted by Gasteiger charge is 2.41. The molecule has 0 bridgehead atoms. The summed E-state index contributed by atoms with van der Waals surface area (Å²) in [6.45, 7) is -0.890. The van der Waals surface area contributed by atoms with E-state index in [1.807, 2.05) is 5.32 Å². The van der Waals surface area contributed by atoms with Crippen molar-refractivity contribution >= 4 is 17.6 Å². The van der Waals surface area contributed by atoms with Crippen molar-refractivity contribution in [2.24, 2.45) is 0 Å². The lowest BCUT2D eigenvalue weighted by atomic mass is 9.86. The molecule has 3 aromatic carbocycles. The Morgan fingerprint density at radius 2 is 1.37 bits per heavy atom. The van der Waals surface area contributed by atoms with E-state index in [0.29, 0.717) is 6.07 Å². The highest BCUT2D eigenvalue weighted by molar-refractivity contribution is 5.94. The van der Waals surface area contributed by atoms with Crippen LogP contribution in [0.4, 0.5) is 18.9 Å². The molecule has 0 aliphatic rings. The summed E-state index contributed by atoms with van der Waals surface area (Å²) in [6, 6.07) is 17.4. The summed E-state index contributed by atoms with van der Waals surface area (Å²) >= 11 is 0. The molecule has 0 aromatic heterocycles. The maximum absolute atomic E-state index is 13.7. The number of hydrogen-bond donors (Lipinski definition) is 2. The van der Waals surface area contributed by atoms with Crippen LogP contribution >= 0.6 is 0 Å². The van der Waals surface area contributed by atoms with Crippen LogP contribution in [0.25, 0.3) is 0 Å². The van der Waals surface area contributed by atoms with Gasteiger partial charge in [-0.25, -0.2) is 18.0 Å². The molecule has 0 unspecified atom stereocenters. The molecule has 0 atom stereocenters. The zero-order valence-corrected chi connectivity index (χ0v) is 15.4. The van der Waals surface area contributed by atoms with Gasteiger partial charge in [-0.2, -0.15) is 0 Å². The van der Waals surface area contributed by atoms with Crippen molar-refractivity contribution in [3.63, 3.8) is 0 Å². The van der Waals surface area contributed by atoms with E-state index in [9.17, 15) is 27.9 Å². The van der Waals surface area contributed by atoms with Crippen LogP contribution in [0.15, 0.2) is 72.8 Å². The minimum atomic E-state index is -2.20. The third-order valence-electron chi connectivity index (χ3n) is 4.32. The highest BCUT2D eigenvalue weighted by atomic mass is 19.2. The largest absolute Gasteiger partial charge is 0.453 e. The first kappa shape index (κ1) is 21.1. The van der Waals surface area contributed by atoms with Gasteiger partial charge in [-0.3, -0.25) is 4.79 Å². The fraction of sp³-hybridized carbons (Fsp3) is 0.0909. The lowest BCUT2D eigenvalue weighted by Gasteiger charge is -2.27. The molecule has 0 heterocycles. The van der Waals surface area contributed by atoms with Crippen molar-refractivity contribution in [3.8, 4) is 0 Å². The Balaban J connectivity index is 1.77. The third kappa shape index (κ3) is 4.18. The fourth-order valence-electron chi connectivity index (χ4n) is 2.81. The molecule has 8 heteroatoms. The molecule has 0 saturated carbocycles. The maximum atomic E-state index is 13.7. The molecule has 30 heavy (non-hydrogen) atoms. The Hall–Kier alpha value is -3.65. The normalized spacial score (nSPS) is 11.1. The van der Waals surface area contributed by atoms with Crippen LogP contribution in [0.3, 0.4) is 0 Å². The van der Waals surface area contributed by atoms with Crippen LogP contribution in [0, 0.1) is 17.5 Å². The van der Waals surface area contributed by atoms with Gasteiger partial charge >= 0.3 is 5.97 Å². The zero-order valence-electron chi connectivity index (χ0n) is 15.4. The topological polar surface area (TPSA) is 75.6 Å². The van der Waals surface area contributed by atoms with Crippen LogP contribution in [-0.4, -0.2) is 23.6 Å². The van der Waals surface area contributed by atoms with Gasteiger partial charge in [0.05, 0.1) is 5.69 Å². The van der Waals surface area contributed by atoms with Gasteiger partial charge in [0.1, 0.15) is 0 Å². The number of aliphatic hydroxyl groups is 1. The number of nitrogens with one attached hydrogen (secondary N) is 1. The molecule has 5 nitrogen and oxygen atoms in total. The van der Waals surface area contributed by atoms with E-state index in [-0.39, 0.29) is 11.1 Å². The molecule has 0 saturated heterocycles. The second-order valence-electron chi connectivity index (χ2n) is 6.29. The number of benzene rings is 3. The van der Waals surface area contributed by atoms with E-state index < -0.39 is 47.2 Å². The van der Waals surface area contributed by atoms with Crippen LogP contribution in [-0.2, 0) is 19.9 Å². The SMILES string of the molecule is O=C(COC(=O)C(O)(c1ccccc1)c1ccccc1)Nc1ccc(F)c(F)c1F. The molecule has 1 amide bonds. The maximum Gasteiger partial charge on any atom is 0.348 e. The quantitative estimate of drug-likeness (QED) is 0.477. The van der Waals surface area contributed by atoms with Crippen molar-refractivity contribution in [1.29, 1.82) is 0 Å². The summed E-state index contributed by atoms with van der Waals surface area (Å²) < 4.78 is 44.9. The van der Waals surface area contributed by atoms with Gasteiger partial charge in [0, 0.05) is 0 Å². The van der Waals surface area contributed by atoms with Gasteiger partial charge in [0.25, 0.3) is 5.91 Å². The number of halogens is 3. The molecule has 3 rings (SSSR count). The number of carbonyl (C=O) groups is 2. The first-order chi connectivity index (χ1) is 14.3. The molecule has 0 radical (unpaired) electrons. The molecule has 0 fully saturated rings. The zero-order chi connectivity index (χ0) is 21.7. The second-order valence-corrected chi connectivity index (χ2v) is 6.29. The average Bonchev–Trinajstić information content (AvgIpc) is 2.78. The lowest BCUT2D eigenvalue weighted by Crippen LogP contribution is -2.39. The van der Waals surface area contributed by atoms with Gasteiger partial charge in [-0.1, -0.05) is 60.7 Å². The van der Waals surface area contributed by atoms with Gasteiger partial charge in [-0.15, -0.1) is 0 Å². The summed E-state index contributed by atoms with van der Waals surface area (Å²) in [5, 5.41) is 13.2. The number of anilines is 1. The molecule has 0 spiro atoms. The first-order valence-electron chi connectivity index (χ1n) is 8.78. The summed E-state index contributed by atoms with van der Waals surface area (Å²) in [5.41, 5.74) is -2.38. The lowest BCUT2D eigenvalue weighted by molar-refractivity contribution is -0.163. The summed E-state index contributed by atoms with van der Waals surface area (Å²) in [6.07, 6.45) is 0. The van der Waals surface area contributed by atoms with E-state index in [4.69, 9.17) is 4.74 Å². The van der Waals surface area contributed by atoms with Gasteiger partial charge in [0.15, 0.2) is 24.1 Å². The minimum Gasteiger partial charge on any atom is -0.453 e. The number of carbonyl (C=O) groups excluding carboxylic acids is 2. The molecule has 3 aromatic rings. The standard InChI is InChI=1S/C22H16F3NO4/c23-16-11-12-17(20(25)19(16)24)26-18(27)13-30-21(28)22(29,14-7-3-1-4-8-14)15-9-5-2-6-10-15/h1-12,29H,13H2,(H,26,27). The molecule has 0 aliphatic heterocycles. The number of hydrogen-bond acceptors (Lipinski definition) is 4. The third-order valence-corrected chi connectivity index (χ3v) is 4.32. The second kappa shape index (κ2) is 8.79. The molecule has 154 valence electrons. The monoisotopic (exact) mass is 415 g/mol. The van der Waals surface area contributed by atoms with Gasteiger partial charge in [0.2, 0.25) is 5.60 Å². The number of ether oxygens (including phenoxy) is 1. The molecular weight excluding hydrogens is 399 g/mol. The Labute approximate surface area is 169 Å². The smallest absolute Gasteiger partial charge is 0.348 e. The van der Waals surface area contributed by atoms with E-state index in [2.05, 4.69) is 0 Å². The Kier molecular flexibility index (Phi) is 6.17. The Morgan fingerprint density at radius 3 is 1.90 bits per heavy atom. The summed E-state index contributed by atoms with van der Waals surface area (Å²) in [5.74, 6) is -6.88. The summed E-state index contributed by atoms with van der Waals surface area (Å²) in [4.78, 5) is 24.8. The Morgan fingerprint density at radius 1 is 0.833 bits per heavy atom. The van der Waals surface area contributed by atoms with Crippen molar-refractivity contribution in [2.45, 2.75) is 5.60 Å². The van der Waals surface area contributed by atoms with Crippen molar-refractivity contribution < 1.29 is 32.6 Å². The predicted molar refractivity (Wildman–Crippen MR) is 102 cm³/mol. The van der Waals surface area contributed by atoms with Crippen molar-refractivity contribution in [2.75, 3.05) is 11.9 Å². The molecule has 2 N–H and O–H groups in total. The summed E-state index contributed by atoms with van der Waals surface area (Å²) in [7, 11) is 0. The highest BCUT2D eigenvalue weighted by Crippen LogP contribution is 2.31. The molecule has 0 aliphatic carbocycles. The first-order valence-corrected chi connectivity index (χ1v) is 8.78. The van der Waals surface area contributed by atoms with E-state index in [0.717, 1.165) is 6.07 Å². The molecular formula is C22H16F3NO4. The van der Waals surface area contributed by atoms with Gasteiger partial charge < -0.3 is 15.2 Å². The van der Waals surface area contributed by atoms with Crippen LogP contribution < -0.4 is 5.32 Å². The number of esters is 1. The van der Waals surface area contributed by atoms with E-state index in [1.54, 1.807) is 36.4 Å². The number of rotatable bonds is 6.